The second-order valence-electron chi connectivity index (χ2n) is 4.17. The lowest BCUT2D eigenvalue weighted by Gasteiger charge is -2.24. The molecule has 0 aliphatic rings. The summed E-state index contributed by atoms with van der Waals surface area (Å²) in [5, 5.41) is 2.50. The van der Waals surface area contributed by atoms with Crippen LogP contribution >= 0.6 is 0 Å². The Kier molecular flexibility index (Phi) is 2.63. The van der Waals surface area contributed by atoms with Crippen molar-refractivity contribution in [3.05, 3.63) is 48.0 Å². The summed E-state index contributed by atoms with van der Waals surface area (Å²) >= 11 is 0. The number of benzene rings is 2. The van der Waals surface area contributed by atoms with Crippen molar-refractivity contribution in [1.29, 1.82) is 0 Å². The first kappa shape index (κ1) is 10.4. The summed E-state index contributed by atoms with van der Waals surface area (Å²) < 4.78 is 5.28. The second-order valence-corrected chi connectivity index (χ2v) is 4.38. The zero-order valence-corrected chi connectivity index (χ0v) is 9.95. The highest BCUT2D eigenvalue weighted by Crippen LogP contribution is 2.26. The van der Waals surface area contributed by atoms with Crippen LogP contribution in [0.25, 0.3) is 10.8 Å². The van der Waals surface area contributed by atoms with Gasteiger partial charge in [-0.25, -0.2) is 0 Å². The van der Waals surface area contributed by atoms with Gasteiger partial charge >= 0.3 is 0 Å². The molecule has 0 bridgehead atoms. The van der Waals surface area contributed by atoms with Crippen LogP contribution in [0.1, 0.15) is 19.4 Å². The number of fused-ring (bicyclic) bond motifs is 1. The maximum Gasteiger partial charge on any atom is 0.247 e. The SMILES string of the molecule is CC(C)(O[Si])c1ccc2ccccc2c1. The third-order valence-electron chi connectivity index (χ3n) is 2.70. The van der Waals surface area contributed by atoms with Crippen molar-refractivity contribution in [3.8, 4) is 0 Å². The molecule has 0 spiro atoms. The quantitative estimate of drug-likeness (QED) is 0.696. The molecule has 0 unspecified atom stereocenters. The Morgan fingerprint density at radius 2 is 1.67 bits per heavy atom. The van der Waals surface area contributed by atoms with Crippen LogP contribution in [-0.2, 0) is 10.0 Å². The lowest BCUT2D eigenvalue weighted by molar-refractivity contribution is 0.124. The van der Waals surface area contributed by atoms with Gasteiger partial charge in [-0.1, -0.05) is 36.4 Å². The van der Waals surface area contributed by atoms with Gasteiger partial charge in [0.1, 0.15) is 0 Å². The standard InChI is InChI=1S/C13H13OSi/c1-13(2,14-15)12-8-7-10-5-3-4-6-11(10)9-12/h3-9H,1-2H3. The summed E-state index contributed by atoms with van der Waals surface area (Å²) in [7, 11) is 3.12. The van der Waals surface area contributed by atoms with Gasteiger partial charge in [-0.05, 0) is 36.2 Å². The smallest absolute Gasteiger partial charge is 0.247 e. The van der Waals surface area contributed by atoms with E-state index >= 15 is 0 Å². The van der Waals surface area contributed by atoms with E-state index in [-0.39, 0.29) is 5.60 Å². The van der Waals surface area contributed by atoms with E-state index in [2.05, 4.69) is 40.8 Å². The van der Waals surface area contributed by atoms with Gasteiger partial charge in [0.25, 0.3) is 0 Å². The topological polar surface area (TPSA) is 9.23 Å². The zero-order valence-electron chi connectivity index (χ0n) is 8.95. The average molecular weight is 213 g/mol. The van der Waals surface area contributed by atoms with E-state index in [0.29, 0.717) is 0 Å². The summed E-state index contributed by atoms with van der Waals surface area (Å²) in [6.07, 6.45) is 0. The van der Waals surface area contributed by atoms with Crippen molar-refractivity contribution in [2.75, 3.05) is 0 Å². The minimum absolute atomic E-state index is 0.305. The van der Waals surface area contributed by atoms with Crippen LogP contribution in [0.4, 0.5) is 0 Å². The van der Waals surface area contributed by atoms with E-state index in [4.69, 9.17) is 4.43 Å². The molecule has 0 fully saturated rings. The first-order valence-corrected chi connectivity index (χ1v) is 5.38. The highest BCUT2D eigenvalue weighted by molar-refractivity contribution is 5.98. The number of hydrogen-bond acceptors (Lipinski definition) is 1. The fourth-order valence-electron chi connectivity index (χ4n) is 1.62. The second kappa shape index (κ2) is 3.80. The van der Waals surface area contributed by atoms with Gasteiger partial charge in [0.2, 0.25) is 10.5 Å². The van der Waals surface area contributed by atoms with Crippen molar-refractivity contribution in [2.24, 2.45) is 0 Å². The molecule has 2 aromatic rings. The summed E-state index contributed by atoms with van der Waals surface area (Å²) in [6.45, 7) is 4.06. The summed E-state index contributed by atoms with van der Waals surface area (Å²) in [5.41, 5.74) is 0.859. The maximum absolute atomic E-state index is 5.28. The number of rotatable bonds is 2. The molecule has 0 heterocycles. The molecular weight excluding hydrogens is 200 g/mol. The lowest BCUT2D eigenvalue weighted by Crippen LogP contribution is -2.19. The van der Waals surface area contributed by atoms with Crippen molar-refractivity contribution in [1.82, 2.24) is 0 Å². The fraction of sp³-hybridized carbons (Fsp3) is 0.231. The van der Waals surface area contributed by atoms with Crippen LogP contribution in [0, 0.1) is 0 Å². The molecule has 0 amide bonds. The van der Waals surface area contributed by atoms with Crippen LogP contribution < -0.4 is 0 Å². The molecule has 15 heavy (non-hydrogen) atoms. The largest absolute Gasteiger partial charge is 0.410 e. The van der Waals surface area contributed by atoms with Crippen LogP contribution in [0.15, 0.2) is 42.5 Å². The Balaban J connectivity index is 2.56. The predicted octanol–water partition coefficient (Wildman–Crippen LogP) is 3.18. The number of hydrogen-bond donors (Lipinski definition) is 0. The maximum atomic E-state index is 5.28. The van der Waals surface area contributed by atoms with Gasteiger partial charge in [-0.2, -0.15) is 0 Å². The van der Waals surface area contributed by atoms with Gasteiger partial charge < -0.3 is 4.43 Å². The fourth-order valence-corrected chi connectivity index (χ4v) is 1.74. The van der Waals surface area contributed by atoms with Gasteiger partial charge in [-0.3, -0.25) is 0 Å². The molecule has 0 atom stereocenters. The predicted molar refractivity (Wildman–Crippen MR) is 63.8 cm³/mol. The normalized spacial score (nSPS) is 11.9. The Morgan fingerprint density at radius 1 is 1.00 bits per heavy atom. The molecule has 0 saturated heterocycles. The van der Waals surface area contributed by atoms with Crippen molar-refractivity contribution < 1.29 is 4.43 Å². The molecule has 0 aliphatic carbocycles. The van der Waals surface area contributed by atoms with E-state index in [1.807, 2.05) is 26.0 Å². The van der Waals surface area contributed by atoms with E-state index in [1.54, 1.807) is 0 Å². The van der Waals surface area contributed by atoms with Crippen molar-refractivity contribution in [3.63, 3.8) is 0 Å². The first-order valence-electron chi connectivity index (χ1n) is 4.97. The minimum atomic E-state index is -0.305. The monoisotopic (exact) mass is 213 g/mol. The van der Waals surface area contributed by atoms with Gasteiger partial charge in [0.15, 0.2) is 0 Å². The molecule has 1 nitrogen and oxygen atoms in total. The van der Waals surface area contributed by atoms with Gasteiger partial charge in [0, 0.05) is 0 Å². The Morgan fingerprint density at radius 3 is 2.33 bits per heavy atom. The molecule has 0 aromatic heterocycles. The Bertz CT molecular complexity index is 477. The van der Waals surface area contributed by atoms with Crippen LogP contribution in [-0.4, -0.2) is 10.5 Å². The summed E-state index contributed by atoms with van der Waals surface area (Å²) in [5.74, 6) is 0. The first-order chi connectivity index (χ1) is 7.13. The molecule has 2 aromatic carbocycles. The average Bonchev–Trinajstić information content (AvgIpc) is 2.28. The zero-order chi connectivity index (χ0) is 10.9. The third-order valence-corrected chi connectivity index (χ3v) is 3.21. The van der Waals surface area contributed by atoms with E-state index in [9.17, 15) is 0 Å². The van der Waals surface area contributed by atoms with E-state index in [1.165, 1.54) is 10.8 Å². The Hall–Kier alpha value is -1.12. The molecule has 0 saturated carbocycles. The Labute approximate surface area is 93.6 Å². The van der Waals surface area contributed by atoms with Crippen molar-refractivity contribution in [2.45, 2.75) is 19.4 Å². The van der Waals surface area contributed by atoms with Crippen LogP contribution in [0.5, 0.6) is 0 Å². The molecule has 0 aliphatic heterocycles. The summed E-state index contributed by atoms with van der Waals surface area (Å²) in [4.78, 5) is 0. The van der Waals surface area contributed by atoms with Crippen molar-refractivity contribution >= 4 is 21.3 Å². The lowest BCUT2D eigenvalue weighted by atomic mass is 9.96. The minimum Gasteiger partial charge on any atom is -0.410 e. The van der Waals surface area contributed by atoms with Gasteiger partial charge in [0.05, 0.1) is 5.60 Å². The molecule has 2 heteroatoms. The molecular formula is C13H13OSi. The molecule has 3 radical (unpaired) electrons. The van der Waals surface area contributed by atoms with Crippen LogP contribution in [0.2, 0.25) is 0 Å². The molecule has 75 valence electrons. The third kappa shape index (κ3) is 1.96. The molecule has 0 N–H and O–H groups in total. The highest BCUT2D eigenvalue weighted by Gasteiger charge is 2.18. The van der Waals surface area contributed by atoms with E-state index < -0.39 is 0 Å². The van der Waals surface area contributed by atoms with Crippen LogP contribution in [0.3, 0.4) is 0 Å². The molecule has 2 rings (SSSR count). The highest BCUT2D eigenvalue weighted by atomic mass is 28.2. The van der Waals surface area contributed by atoms with Gasteiger partial charge in [-0.15, -0.1) is 0 Å². The van der Waals surface area contributed by atoms with E-state index in [0.717, 1.165) is 5.56 Å². The summed E-state index contributed by atoms with van der Waals surface area (Å²) in [6, 6.07) is 14.7.